The molecule has 0 atom stereocenters. The summed E-state index contributed by atoms with van der Waals surface area (Å²) in [7, 11) is -3.93. The summed E-state index contributed by atoms with van der Waals surface area (Å²) in [5, 5.41) is 15.4. The summed E-state index contributed by atoms with van der Waals surface area (Å²) >= 11 is 0. The van der Waals surface area contributed by atoms with Crippen molar-refractivity contribution < 1.29 is 13.5 Å². The first-order valence-electron chi connectivity index (χ1n) is 9.73. The SMILES string of the molecule is Cc1ccc(S(=O)(=O)N=C(Nc2cc(C(C)C)c([O-])cc2C)c2ccccc2)cc1. The van der Waals surface area contributed by atoms with Crippen molar-refractivity contribution in [3.63, 3.8) is 0 Å². The van der Waals surface area contributed by atoms with Crippen LogP contribution >= 0.6 is 0 Å². The highest BCUT2D eigenvalue weighted by molar-refractivity contribution is 7.90. The molecule has 0 aromatic heterocycles. The highest BCUT2D eigenvalue weighted by atomic mass is 32.2. The minimum absolute atomic E-state index is 0.0291. The number of nitrogens with one attached hydrogen (secondary N) is 1. The van der Waals surface area contributed by atoms with Crippen LogP contribution < -0.4 is 10.4 Å². The topological polar surface area (TPSA) is 81.6 Å². The van der Waals surface area contributed by atoms with Gasteiger partial charge in [0.1, 0.15) is 0 Å². The number of nitrogens with zero attached hydrogens (tertiary/aromatic N) is 1. The molecule has 3 aromatic rings. The van der Waals surface area contributed by atoms with Gasteiger partial charge in [0.2, 0.25) is 0 Å². The van der Waals surface area contributed by atoms with E-state index in [1.165, 1.54) is 0 Å². The van der Waals surface area contributed by atoms with Crippen LogP contribution in [0.4, 0.5) is 5.69 Å². The third-order valence-electron chi connectivity index (χ3n) is 4.81. The molecule has 0 fully saturated rings. The summed E-state index contributed by atoms with van der Waals surface area (Å²) in [6.45, 7) is 7.60. The maximum absolute atomic E-state index is 13.0. The molecule has 6 heteroatoms. The van der Waals surface area contributed by atoms with E-state index in [0.29, 0.717) is 16.8 Å². The molecular formula is C24H25N2O3S-. The van der Waals surface area contributed by atoms with Crippen LogP contribution in [0, 0.1) is 13.8 Å². The van der Waals surface area contributed by atoms with Gasteiger partial charge in [0.25, 0.3) is 10.0 Å². The molecule has 3 rings (SSSR count). The van der Waals surface area contributed by atoms with Crippen molar-refractivity contribution in [3.8, 4) is 5.75 Å². The Hall–Kier alpha value is -3.12. The number of rotatable bonds is 5. The van der Waals surface area contributed by atoms with Gasteiger partial charge in [0.05, 0.1) is 4.90 Å². The fourth-order valence-electron chi connectivity index (χ4n) is 3.04. The van der Waals surface area contributed by atoms with Gasteiger partial charge in [-0.15, -0.1) is 10.1 Å². The van der Waals surface area contributed by atoms with Gasteiger partial charge in [-0.2, -0.15) is 8.42 Å². The van der Waals surface area contributed by atoms with E-state index in [1.807, 2.05) is 45.9 Å². The van der Waals surface area contributed by atoms with Crippen LogP contribution in [-0.4, -0.2) is 14.3 Å². The zero-order valence-corrected chi connectivity index (χ0v) is 18.3. The zero-order valence-electron chi connectivity index (χ0n) is 17.5. The molecule has 156 valence electrons. The number of hydrogen-bond acceptors (Lipinski definition) is 3. The Morgan fingerprint density at radius 1 is 0.967 bits per heavy atom. The van der Waals surface area contributed by atoms with Gasteiger partial charge >= 0.3 is 0 Å². The van der Waals surface area contributed by atoms with Gasteiger partial charge < -0.3 is 10.4 Å². The largest absolute Gasteiger partial charge is 0.872 e. The van der Waals surface area contributed by atoms with Crippen molar-refractivity contribution in [2.75, 3.05) is 5.32 Å². The molecule has 1 N–H and O–H groups in total. The lowest BCUT2D eigenvalue weighted by atomic mass is 9.99. The quantitative estimate of drug-likeness (QED) is 0.476. The number of benzene rings is 3. The van der Waals surface area contributed by atoms with Crippen LogP contribution in [0.15, 0.2) is 76.0 Å². The maximum Gasteiger partial charge on any atom is 0.284 e. The Morgan fingerprint density at radius 3 is 2.20 bits per heavy atom. The molecule has 0 unspecified atom stereocenters. The van der Waals surface area contributed by atoms with Crippen molar-refractivity contribution in [3.05, 3.63) is 89.0 Å². The van der Waals surface area contributed by atoms with Gasteiger partial charge in [-0.05, 0) is 43.5 Å². The lowest BCUT2D eigenvalue weighted by Crippen LogP contribution is -2.17. The van der Waals surface area contributed by atoms with Gasteiger partial charge in [-0.3, -0.25) is 0 Å². The first-order chi connectivity index (χ1) is 14.2. The van der Waals surface area contributed by atoms with Crippen molar-refractivity contribution in [2.24, 2.45) is 4.40 Å². The van der Waals surface area contributed by atoms with Crippen molar-refractivity contribution in [1.29, 1.82) is 0 Å². The summed E-state index contributed by atoms with van der Waals surface area (Å²) in [6, 6.07) is 19.0. The highest BCUT2D eigenvalue weighted by Gasteiger charge is 2.17. The minimum Gasteiger partial charge on any atom is -0.872 e. The molecule has 0 aliphatic carbocycles. The van der Waals surface area contributed by atoms with E-state index in [1.54, 1.807) is 48.5 Å². The van der Waals surface area contributed by atoms with Crippen LogP contribution in [-0.2, 0) is 10.0 Å². The average Bonchev–Trinajstić information content (AvgIpc) is 2.70. The van der Waals surface area contributed by atoms with Crippen molar-refractivity contribution in [2.45, 2.75) is 38.5 Å². The Balaban J connectivity index is 2.10. The Kier molecular flexibility index (Phi) is 6.27. The molecule has 0 spiro atoms. The maximum atomic E-state index is 13.0. The molecule has 5 nitrogen and oxygen atoms in total. The van der Waals surface area contributed by atoms with Gasteiger partial charge in [-0.25, -0.2) is 0 Å². The van der Waals surface area contributed by atoms with Crippen molar-refractivity contribution >= 4 is 21.5 Å². The third-order valence-corrected chi connectivity index (χ3v) is 6.10. The molecule has 0 aliphatic heterocycles. The standard InChI is InChI=1S/C24H26N2O3S/c1-16(2)21-15-22(18(4)14-23(21)27)25-24(19-8-6-5-7-9-19)26-30(28,29)20-12-10-17(3)11-13-20/h5-16,27H,1-4H3,(H,25,26)/p-1. The summed E-state index contributed by atoms with van der Waals surface area (Å²) < 4.78 is 30.0. The molecule has 3 aromatic carbocycles. The van der Waals surface area contributed by atoms with Crippen LogP contribution in [0.3, 0.4) is 0 Å². The second kappa shape index (κ2) is 8.71. The predicted octanol–water partition coefficient (Wildman–Crippen LogP) is 4.75. The van der Waals surface area contributed by atoms with Crippen LogP contribution in [0.2, 0.25) is 0 Å². The third kappa shape index (κ3) is 4.89. The predicted molar refractivity (Wildman–Crippen MR) is 120 cm³/mol. The molecule has 0 saturated heterocycles. The number of sulfonamides is 1. The number of anilines is 1. The van der Waals surface area contributed by atoms with E-state index in [2.05, 4.69) is 9.71 Å². The number of aryl methyl sites for hydroxylation is 2. The van der Waals surface area contributed by atoms with Crippen molar-refractivity contribution in [1.82, 2.24) is 0 Å². The number of amidine groups is 1. The Labute approximate surface area is 178 Å². The van der Waals surface area contributed by atoms with Gasteiger partial charge in [0.15, 0.2) is 5.84 Å². The molecule has 0 radical (unpaired) electrons. The summed E-state index contributed by atoms with van der Waals surface area (Å²) in [5.74, 6) is 0.221. The summed E-state index contributed by atoms with van der Waals surface area (Å²) in [5.41, 5.74) is 3.64. The van der Waals surface area contributed by atoms with Crippen LogP contribution in [0.25, 0.3) is 0 Å². The Bertz CT molecular complexity index is 1170. The summed E-state index contributed by atoms with van der Waals surface area (Å²) in [4.78, 5) is 0.123. The molecule has 0 amide bonds. The lowest BCUT2D eigenvalue weighted by Gasteiger charge is -2.21. The van der Waals surface area contributed by atoms with Gasteiger partial charge in [-0.1, -0.05) is 73.5 Å². The number of hydrogen-bond donors (Lipinski definition) is 1. The second-order valence-electron chi connectivity index (χ2n) is 7.58. The average molecular weight is 422 g/mol. The molecule has 0 bridgehead atoms. The Morgan fingerprint density at radius 2 is 1.60 bits per heavy atom. The molecule has 0 saturated carbocycles. The molecule has 0 heterocycles. The van der Waals surface area contributed by atoms with E-state index in [9.17, 15) is 13.5 Å². The zero-order chi connectivity index (χ0) is 21.9. The van der Waals surface area contributed by atoms with E-state index < -0.39 is 10.0 Å². The fourth-order valence-corrected chi connectivity index (χ4v) is 4.02. The van der Waals surface area contributed by atoms with Gasteiger partial charge in [0, 0.05) is 11.3 Å². The minimum atomic E-state index is -3.93. The lowest BCUT2D eigenvalue weighted by molar-refractivity contribution is -0.269. The highest BCUT2D eigenvalue weighted by Crippen LogP contribution is 2.30. The van der Waals surface area contributed by atoms with E-state index in [4.69, 9.17) is 0 Å². The van der Waals surface area contributed by atoms with Crippen LogP contribution in [0.1, 0.15) is 42.0 Å². The van der Waals surface area contributed by atoms with Crippen LogP contribution in [0.5, 0.6) is 5.75 Å². The first kappa shape index (κ1) is 21.6. The second-order valence-corrected chi connectivity index (χ2v) is 9.18. The summed E-state index contributed by atoms with van der Waals surface area (Å²) in [6.07, 6.45) is 0. The van der Waals surface area contributed by atoms with E-state index >= 15 is 0 Å². The van der Waals surface area contributed by atoms with E-state index in [0.717, 1.165) is 11.1 Å². The normalized spacial score (nSPS) is 12.2. The fraction of sp³-hybridized carbons (Fsp3) is 0.208. The smallest absolute Gasteiger partial charge is 0.284 e. The molecule has 0 aliphatic rings. The molecule has 30 heavy (non-hydrogen) atoms. The molecular weight excluding hydrogens is 396 g/mol. The first-order valence-corrected chi connectivity index (χ1v) is 11.2. The monoisotopic (exact) mass is 421 g/mol. The van der Waals surface area contributed by atoms with E-state index in [-0.39, 0.29) is 22.4 Å².